The Morgan fingerprint density at radius 3 is 3.04 bits per heavy atom. The summed E-state index contributed by atoms with van der Waals surface area (Å²) in [6.07, 6.45) is 5.88. The van der Waals surface area contributed by atoms with Gasteiger partial charge in [-0.15, -0.1) is 11.3 Å². The van der Waals surface area contributed by atoms with E-state index in [0.717, 1.165) is 41.8 Å². The van der Waals surface area contributed by atoms with E-state index in [9.17, 15) is 0 Å². The van der Waals surface area contributed by atoms with E-state index in [0.29, 0.717) is 11.6 Å². The number of rotatable bonds is 5. The van der Waals surface area contributed by atoms with Gasteiger partial charge in [-0.3, -0.25) is 9.88 Å². The number of thiazole rings is 1. The second-order valence-electron chi connectivity index (χ2n) is 7.09. The average Bonchev–Trinajstić information content (AvgIpc) is 3.19. The molecule has 0 bridgehead atoms. The van der Waals surface area contributed by atoms with Crippen molar-refractivity contribution in [1.82, 2.24) is 19.9 Å². The Kier molecular flexibility index (Phi) is 5.60. The Hall–Kier alpha value is -2.82. The van der Waals surface area contributed by atoms with Gasteiger partial charge in [0.25, 0.3) is 0 Å². The molecule has 3 aromatic heterocycles. The smallest absolute Gasteiger partial charge is 0.187 e. The first kappa shape index (κ1) is 18.5. The third kappa shape index (κ3) is 4.35. The molecule has 0 spiro atoms. The molecule has 142 valence electrons. The van der Waals surface area contributed by atoms with E-state index in [-0.39, 0.29) is 0 Å². The maximum absolute atomic E-state index is 8.84. The number of piperidine rings is 1. The van der Waals surface area contributed by atoms with Crippen LogP contribution in [0.25, 0.3) is 0 Å². The van der Waals surface area contributed by atoms with Gasteiger partial charge < -0.3 is 5.32 Å². The van der Waals surface area contributed by atoms with Crippen LogP contribution in [0.2, 0.25) is 0 Å². The van der Waals surface area contributed by atoms with E-state index in [1.807, 2.05) is 24.4 Å². The minimum absolute atomic E-state index is 0.413. The molecule has 1 aliphatic rings. The van der Waals surface area contributed by atoms with Gasteiger partial charge in [0.2, 0.25) is 0 Å². The van der Waals surface area contributed by atoms with Crippen LogP contribution in [0.1, 0.15) is 41.4 Å². The second-order valence-corrected chi connectivity index (χ2v) is 7.95. The molecule has 0 amide bonds. The molecule has 7 heteroatoms. The Balaban J connectivity index is 1.40. The number of hydrogen-bond donors (Lipinski definition) is 1. The van der Waals surface area contributed by atoms with Crippen molar-refractivity contribution in [2.75, 3.05) is 18.4 Å². The predicted octanol–water partition coefficient (Wildman–Crippen LogP) is 4.24. The van der Waals surface area contributed by atoms with Crippen molar-refractivity contribution in [2.45, 2.75) is 32.2 Å². The van der Waals surface area contributed by atoms with Gasteiger partial charge in [-0.2, -0.15) is 5.26 Å². The molecule has 1 unspecified atom stereocenters. The van der Waals surface area contributed by atoms with Crippen molar-refractivity contribution in [2.24, 2.45) is 0 Å². The summed E-state index contributed by atoms with van der Waals surface area (Å²) in [6.45, 7) is 5.14. The lowest BCUT2D eigenvalue weighted by atomic mass is 9.95. The lowest BCUT2D eigenvalue weighted by molar-refractivity contribution is 0.196. The molecule has 1 aliphatic heterocycles. The molecule has 6 nitrogen and oxygen atoms in total. The molecule has 28 heavy (non-hydrogen) atoms. The normalized spacial score (nSPS) is 17.2. The van der Waals surface area contributed by atoms with Gasteiger partial charge in [-0.25, -0.2) is 9.97 Å². The number of nitriles is 1. The van der Waals surface area contributed by atoms with Crippen LogP contribution in [0.3, 0.4) is 0 Å². The first-order chi connectivity index (χ1) is 13.7. The number of likely N-dealkylation sites (tertiary alicyclic amines) is 1. The number of nitrogens with zero attached hydrogens (tertiary/aromatic N) is 5. The van der Waals surface area contributed by atoms with Gasteiger partial charge in [0, 0.05) is 30.6 Å². The molecule has 0 aromatic carbocycles. The molecular weight excluding hydrogens is 368 g/mol. The van der Waals surface area contributed by atoms with Crippen molar-refractivity contribution < 1.29 is 0 Å². The quantitative estimate of drug-likeness (QED) is 0.702. The fourth-order valence-corrected chi connectivity index (χ4v) is 4.34. The minimum Gasteiger partial charge on any atom is -0.330 e. The minimum atomic E-state index is 0.413. The Labute approximate surface area is 168 Å². The third-order valence-corrected chi connectivity index (χ3v) is 5.84. The summed E-state index contributed by atoms with van der Waals surface area (Å²) in [7, 11) is 0. The van der Waals surface area contributed by atoms with Gasteiger partial charge in [-0.1, -0.05) is 6.07 Å². The van der Waals surface area contributed by atoms with Crippen molar-refractivity contribution in [3.8, 4) is 6.07 Å². The number of pyridine rings is 2. The molecule has 1 fully saturated rings. The lowest BCUT2D eigenvalue weighted by Gasteiger charge is -2.32. The molecule has 4 rings (SSSR count). The topological polar surface area (TPSA) is 77.7 Å². The summed E-state index contributed by atoms with van der Waals surface area (Å²) in [4.78, 5) is 15.9. The highest BCUT2D eigenvalue weighted by Gasteiger charge is 2.24. The maximum Gasteiger partial charge on any atom is 0.187 e. The van der Waals surface area contributed by atoms with Crippen molar-refractivity contribution in [3.63, 3.8) is 0 Å². The van der Waals surface area contributed by atoms with Gasteiger partial charge >= 0.3 is 0 Å². The first-order valence-corrected chi connectivity index (χ1v) is 10.3. The summed E-state index contributed by atoms with van der Waals surface area (Å²) >= 11 is 1.61. The van der Waals surface area contributed by atoms with Crippen molar-refractivity contribution in [1.29, 1.82) is 5.26 Å². The number of aromatic nitrogens is 3. The van der Waals surface area contributed by atoms with E-state index in [1.54, 1.807) is 23.6 Å². The zero-order valence-corrected chi connectivity index (χ0v) is 16.6. The van der Waals surface area contributed by atoms with Crippen molar-refractivity contribution >= 4 is 22.2 Å². The predicted molar refractivity (Wildman–Crippen MR) is 111 cm³/mol. The number of anilines is 2. The molecule has 1 N–H and O–H groups in total. The van der Waals surface area contributed by atoms with Crippen LogP contribution < -0.4 is 5.32 Å². The van der Waals surface area contributed by atoms with Gasteiger partial charge in [-0.05, 0) is 50.1 Å². The summed E-state index contributed by atoms with van der Waals surface area (Å²) in [5.74, 6) is 0.448. The maximum atomic E-state index is 8.84. The first-order valence-electron chi connectivity index (χ1n) is 9.43. The fourth-order valence-electron chi connectivity index (χ4n) is 3.52. The molecule has 3 aromatic rings. The number of hydrogen-bond acceptors (Lipinski definition) is 7. The van der Waals surface area contributed by atoms with Gasteiger partial charge in [0.1, 0.15) is 11.8 Å². The molecule has 0 aliphatic carbocycles. The summed E-state index contributed by atoms with van der Waals surface area (Å²) in [6, 6.07) is 9.70. The van der Waals surface area contributed by atoms with Crippen molar-refractivity contribution in [3.05, 3.63) is 64.7 Å². The number of aryl methyl sites for hydroxylation is 1. The largest absolute Gasteiger partial charge is 0.330 e. The monoisotopic (exact) mass is 390 g/mol. The molecule has 4 heterocycles. The van der Waals surface area contributed by atoms with Crippen LogP contribution >= 0.6 is 11.3 Å². The highest BCUT2D eigenvalue weighted by Crippen LogP contribution is 2.31. The summed E-state index contributed by atoms with van der Waals surface area (Å²) in [5.41, 5.74) is 4.82. The van der Waals surface area contributed by atoms with E-state index in [1.165, 1.54) is 18.4 Å². The molecule has 1 saturated heterocycles. The van der Waals surface area contributed by atoms with Gasteiger partial charge in [0.15, 0.2) is 5.13 Å². The van der Waals surface area contributed by atoms with Crippen LogP contribution in [0.15, 0.2) is 42.0 Å². The summed E-state index contributed by atoms with van der Waals surface area (Å²) in [5, 5.41) is 15.1. The Morgan fingerprint density at radius 2 is 2.25 bits per heavy atom. The molecule has 0 radical (unpaired) electrons. The lowest BCUT2D eigenvalue weighted by Crippen LogP contribution is -2.34. The third-order valence-electron chi connectivity index (χ3n) is 5.07. The zero-order chi connectivity index (χ0) is 19.3. The Morgan fingerprint density at radius 1 is 1.32 bits per heavy atom. The highest BCUT2D eigenvalue weighted by atomic mass is 32.1. The van der Waals surface area contributed by atoms with Crippen LogP contribution in [0, 0.1) is 18.3 Å². The molecular formula is C21H22N6S. The van der Waals surface area contributed by atoms with E-state index in [2.05, 4.69) is 38.6 Å². The molecule has 1 atom stereocenters. The van der Waals surface area contributed by atoms with Crippen LogP contribution in [0.5, 0.6) is 0 Å². The standard InChI is InChI=1S/C21H22N6S/c1-15-4-2-8-23-19(15)13-27-9-3-5-16(12-27)20-14-28-21(26-20)25-18-7-6-17(10-22)24-11-18/h2,4,6-8,11,14,16H,3,5,9,12-13H2,1H3,(H,25,26). The van der Waals surface area contributed by atoms with E-state index in [4.69, 9.17) is 10.2 Å². The molecule has 0 saturated carbocycles. The SMILES string of the molecule is Cc1cccnc1CN1CCCC(c2csc(Nc3ccc(C#N)nc3)n2)C1. The van der Waals surface area contributed by atoms with E-state index >= 15 is 0 Å². The van der Waals surface area contributed by atoms with Crippen LogP contribution in [-0.2, 0) is 6.54 Å². The van der Waals surface area contributed by atoms with Crippen LogP contribution in [-0.4, -0.2) is 32.9 Å². The Bertz CT molecular complexity index is 975. The second kappa shape index (κ2) is 8.46. The van der Waals surface area contributed by atoms with Gasteiger partial charge in [0.05, 0.1) is 23.3 Å². The van der Waals surface area contributed by atoms with E-state index < -0.39 is 0 Å². The fraction of sp³-hybridized carbons (Fsp3) is 0.333. The van der Waals surface area contributed by atoms with Crippen LogP contribution in [0.4, 0.5) is 10.8 Å². The zero-order valence-electron chi connectivity index (χ0n) is 15.8. The highest BCUT2D eigenvalue weighted by molar-refractivity contribution is 7.13. The number of nitrogens with one attached hydrogen (secondary N) is 1. The summed E-state index contributed by atoms with van der Waals surface area (Å²) < 4.78 is 0. The average molecular weight is 391 g/mol.